The molecule has 0 aliphatic carbocycles. The molecule has 0 saturated carbocycles. The molecule has 0 nitrogen and oxygen atoms in total. The summed E-state index contributed by atoms with van der Waals surface area (Å²) < 4.78 is 0. The van der Waals surface area contributed by atoms with Crippen LogP contribution in [-0.4, -0.2) is 5.75 Å². The van der Waals surface area contributed by atoms with Gasteiger partial charge in [-0.15, -0.1) is 0 Å². The summed E-state index contributed by atoms with van der Waals surface area (Å²) in [5, 5.41) is 2.68. The van der Waals surface area contributed by atoms with Crippen LogP contribution in [0.4, 0.5) is 0 Å². The molecular formula is C4H7ClSZn. The summed E-state index contributed by atoms with van der Waals surface area (Å²) in [6.07, 6.45) is 0. The Bertz CT molecular complexity index is 32.9. The first-order valence-electron chi connectivity index (χ1n) is 1.82. The summed E-state index contributed by atoms with van der Waals surface area (Å²) in [5.74, 6) is 1.09. The molecule has 38 valence electrons. The van der Waals surface area contributed by atoms with Gasteiger partial charge in [-0.05, 0) is 5.75 Å². The standard InChI is InChI=1S/C4H7S.ClH.Zn/c1-3-5-4-2;;/h1,4H2,2H3;1H;/q-1;;+2/p-1. The van der Waals surface area contributed by atoms with Gasteiger partial charge in [0.05, 0.1) is 0 Å². The second-order valence-corrected chi connectivity index (χ2v) is 1.73. The van der Waals surface area contributed by atoms with E-state index >= 15 is 0 Å². The Kier molecular flexibility index (Phi) is 24.5. The molecule has 3 heteroatoms. The number of hydrogen-bond donors (Lipinski definition) is 0. The number of thioether (sulfide) groups is 1. The van der Waals surface area contributed by atoms with Gasteiger partial charge >= 0.3 is 27.0 Å². The van der Waals surface area contributed by atoms with Crippen LogP contribution in [0.5, 0.6) is 0 Å². The molecule has 0 radical (unpaired) electrons. The zero-order chi connectivity index (χ0) is 6.12. The molecule has 0 N–H and O–H groups in total. The molecule has 0 fully saturated rings. The Morgan fingerprint density at radius 1 is 1.86 bits per heavy atom. The monoisotopic (exact) mass is 186 g/mol. The molecule has 0 rings (SSSR count). The molecule has 0 aliphatic heterocycles. The number of halogens is 1. The third-order valence-electron chi connectivity index (χ3n) is 0.246. The van der Waals surface area contributed by atoms with E-state index in [1.165, 1.54) is 0 Å². The van der Waals surface area contributed by atoms with Gasteiger partial charge in [-0.25, -0.2) is 0 Å². The molecular weight excluding hydrogens is 181 g/mol. The molecule has 7 heavy (non-hydrogen) atoms. The van der Waals surface area contributed by atoms with E-state index in [-0.39, 0.29) is 0 Å². The fraction of sp³-hybridized carbons (Fsp3) is 0.500. The maximum atomic E-state index is 4.76. The van der Waals surface area contributed by atoms with Crippen molar-refractivity contribution in [1.29, 1.82) is 0 Å². The zero-order valence-electron chi connectivity index (χ0n) is 4.41. The minimum absolute atomic E-state index is 0.847. The molecule has 0 bridgehead atoms. The van der Waals surface area contributed by atoms with Crippen LogP contribution in [0, 0.1) is 5.41 Å². The van der Waals surface area contributed by atoms with E-state index in [0.29, 0.717) is 0 Å². The van der Waals surface area contributed by atoms with Crippen molar-refractivity contribution in [3.63, 3.8) is 0 Å². The molecule has 0 aromatic rings. The second kappa shape index (κ2) is 15.7. The van der Waals surface area contributed by atoms with E-state index in [0.717, 1.165) is 23.1 Å². The molecule has 0 spiro atoms. The molecule has 0 aromatic heterocycles. The van der Waals surface area contributed by atoms with Gasteiger partial charge in [0.2, 0.25) is 0 Å². The van der Waals surface area contributed by atoms with Crippen LogP contribution in [0.2, 0.25) is 0 Å². The van der Waals surface area contributed by atoms with Gasteiger partial charge in [0.1, 0.15) is 0 Å². The SMILES string of the molecule is C=[C-]SCC.[Cl][Zn+]. The third-order valence-corrected chi connectivity index (χ3v) is 0.739. The Morgan fingerprint density at radius 3 is 2.29 bits per heavy atom. The van der Waals surface area contributed by atoms with Crippen LogP contribution >= 0.6 is 21.5 Å². The topological polar surface area (TPSA) is 0 Å². The van der Waals surface area contributed by atoms with Crippen molar-refractivity contribution >= 4 is 21.5 Å². The molecule has 0 atom stereocenters. The summed E-state index contributed by atoms with van der Waals surface area (Å²) in [5.41, 5.74) is 0. The van der Waals surface area contributed by atoms with Crippen LogP contribution < -0.4 is 0 Å². The second-order valence-electron chi connectivity index (χ2n) is 0.577. The predicted molar refractivity (Wildman–Crippen MR) is 32.9 cm³/mol. The summed E-state index contributed by atoms with van der Waals surface area (Å²) in [4.78, 5) is 0. The van der Waals surface area contributed by atoms with Crippen molar-refractivity contribution in [2.45, 2.75) is 6.92 Å². The Hall–Kier alpha value is 1.00. The van der Waals surface area contributed by atoms with Gasteiger partial charge in [-0.1, -0.05) is 6.92 Å². The molecule has 0 unspecified atom stereocenters. The molecule has 0 heterocycles. The van der Waals surface area contributed by atoms with Crippen molar-refractivity contribution in [2.75, 3.05) is 5.75 Å². The summed E-state index contributed by atoms with van der Waals surface area (Å²) in [7, 11) is 4.76. The van der Waals surface area contributed by atoms with Crippen molar-refractivity contribution < 1.29 is 17.3 Å². The minimum atomic E-state index is 0.847. The van der Waals surface area contributed by atoms with Gasteiger partial charge in [-0.2, -0.15) is 0 Å². The quantitative estimate of drug-likeness (QED) is 0.473. The number of rotatable bonds is 2. The molecule has 0 aromatic carbocycles. The van der Waals surface area contributed by atoms with Crippen LogP contribution in [0.3, 0.4) is 0 Å². The van der Waals surface area contributed by atoms with Gasteiger partial charge < -0.3 is 17.2 Å². The van der Waals surface area contributed by atoms with Gasteiger partial charge in [0.15, 0.2) is 0 Å². The van der Waals surface area contributed by atoms with E-state index in [4.69, 9.17) is 9.69 Å². The Balaban J connectivity index is 0. The van der Waals surface area contributed by atoms with E-state index < -0.39 is 0 Å². The van der Waals surface area contributed by atoms with Crippen molar-refractivity contribution in [3.8, 4) is 0 Å². The average Bonchev–Trinajstić information content (AvgIpc) is 1.75. The van der Waals surface area contributed by atoms with Gasteiger partial charge in [0, 0.05) is 0 Å². The van der Waals surface area contributed by atoms with Gasteiger partial charge in [0.25, 0.3) is 0 Å². The van der Waals surface area contributed by atoms with E-state index in [9.17, 15) is 0 Å². The van der Waals surface area contributed by atoms with Crippen molar-refractivity contribution in [1.82, 2.24) is 0 Å². The first kappa shape index (κ1) is 10.9. The van der Waals surface area contributed by atoms with Crippen LogP contribution in [-0.2, 0) is 17.3 Å². The van der Waals surface area contributed by atoms with Gasteiger partial charge in [-0.3, -0.25) is 6.58 Å². The van der Waals surface area contributed by atoms with E-state index in [1.54, 1.807) is 11.8 Å². The predicted octanol–water partition coefficient (Wildman–Crippen LogP) is 2.37. The van der Waals surface area contributed by atoms with E-state index in [1.807, 2.05) is 0 Å². The Labute approximate surface area is 63.4 Å². The van der Waals surface area contributed by atoms with Crippen molar-refractivity contribution in [2.24, 2.45) is 0 Å². The molecule has 0 aliphatic rings. The fourth-order valence-electron chi connectivity index (χ4n) is 0.102. The summed E-state index contributed by atoms with van der Waals surface area (Å²) in [6, 6.07) is 0. The van der Waals surface area contributed by atoms with Crippen molar-refractivity contribution in [3.05, 3.63) is 12.0 Å². The normalized spacial score (nSPS) is 6.29. The number of hydrogen-bond acceptors (Lipinski definition) is 1. The average molecular weight is 188 g/mol. The van der Waals surface area contributed by atoms with E-state index in [2.05, 4.69) is 18.9 Å². The third kappa shape index (κ3) is 19.4. The van der Waals surface area contributed by atoms with Crippen LogP contribution in [0.25, 0.3) is 0 Å². The molecule has 0 saturated heterocycles. The summed E-state index contributed by atoms with van der Waals surface area (Å²) >= 11 is 2.45. The zero-order valence-corrected chi connectivity index (χ0v) is 8.95. The fourth-order valence-corrected chi connectivity index (χ4v) is 0.306. The summed E-state index contributed by atoms with van der Waals surface area (Å²) in [6.45, 7) is 5.46. The first-order chi connectivity index (χ1) is 3.41. The van der Waals surface area contributed by atoms with Crippen LogP contribution in [0.15, 0.2) is 6.58 Å². The molecule has 0 amide bonds. The Morgan fingerprint density at radius 2 is 2.29 bits per heavy atom. The first-order valence-corrected chi connectivity index (χ1v) is 6.71. The van der Waals surface area contributed by atoms with Crippen LogP contribution in [0.1, 0.15) is 6.92 Å². The maximum absolute atomic E-state index is 4.76.